The van der Waals surface area contributed by atoms with Gasteiger partial charge in [0.1, 0.15) is 11.6 Å². The van der Waals surface area contributed by atoms with E-state index in [1.165, 1.54) is 6.07 Å². The average Bonchev–Trinajstić information content (AvgIpc) is 2.23. The number of esters is 1. The van der Waals surface area contributed by atoms with Crippen molar-refractivity contribution in [3.63, 3.8) is 0 Å². The number of phenols is 1. The van der Waals surface area contributed by atoms with Crippen LogP contribution in [0.2, 0.25) is 0 Å². The predicted molar refractivity (Wildman–Crippen MR) is 61.0 cm³/mol. The third kappa shape index (κ3) is 3.42. The fourth-order valence-corrected chi connectivity index (χ4v) is 1.55. The highest BCUT2D eigenvalue weighted by Crippen LogP contribution is 2.29. The molecule has 3 N–H and O–H groups in total. The lowest BCUT2D eigenvalue weighted by molar-refractivity contribution is -0.143. The zero-order valence-corrected chi connectivity index (χ0v) is 9.87. The molecule has 0 spiro atoms. The largest absolute Gasteiger partial charge is 0.507 e. The summed E-state index contributed by atoms with van der Waals surface area (Å²) < 4.78 is 17.9. The first-order valence-corrected chi connectivity index (χ1v) is 5.36. The number of carbonyl (C=O) groups excluding carboxylic acids is 1. The van der Waals surface area contributed by atoms with Crippen molar-refractivity contribution in [2.45, 2.75) is 26.3 Å². The van der Waals surface area contributed by atoms with Crippen LogP contribution in [0.15, 0.2) is 12.1 Å². The summed E-state index contributed by atoms with van der Waals surface area (Å²) in [5, 5.41) is 9.74. The van der Waals surface area contributed by atoms with Crippen LogP contribution < -0.4 is 5.73 Å². The van der Waals surface area contributed by atoms with Gasteiger partial charge in [-0.3, -0.25) is 4.79 Å². The number of aryl methyl sites for hydroxylation is 1. The molecule has 0 radical (unpaired) electrons. The van der Waals surface area contributed by atoms with Gasteiger partial charge in [0.2, 0.25) is 0 Å². The van der Waals surface area contributed by atoms with Crippen LogP contribution in [0.5, 0.6) is 5.75 Å². The van der Waals surface area contributed by atoms with Crippen molar-refractivity contribution in [2.24, 2.45) is 5.73 Å². The Labute approximate surface area is 99.2 Å². The minimum Gasteiger partial charge on any atom is -0.507 e. The van der Waals surface area contributed by atoms with E-state index in [9.17, 15) is 14.3 Å². The monoisotopic (exact) mass is 241 g/mol. The molecule has 0 unspecified atom stereocenters. The van der Waals surface area contributed by atoms with Gasteiger partial charge in [0.15, 0.2) is 0 Å². The minimum absolute atomic E-state index is 0.0804. The number of hydrogen-bond donors (Lipinski definition) is 2. The lowest BCUT2D eigenvalue weighted by Gasteiger charge is -2.14. The lowest BCUT2D eigenvalue weighted by atomic mass is 10.0. The Bertz CT molecular complexity index is 420. The fourth-order valence-electron chi connectivity index (χ4n) is 1.55. The SMILES string of the molecule is CCOC(=O)C[C@@H](N)c1cc(F)cc(C)c1O. The van der Waals surface area contributed by atoms with E-state index >= 15 is 0 Å². The van der Waals surface area contributed by atoms with Gasteiger partial charge in [0.25, 0.3) is 0 Å². The smallest absolute Gasteiger partial charge is 0.307 e. The molecular formula is C12H16FNO3. The van der Waals surface area contributed by atoms with E-state index in [2.05, 4.69) is 0 Å². The Morgan fingerprint density at radius 1 is 1.59 bits per heavy atom. The molecule has 4 nitrogen and oxygen atoms in total. The van der Waals surface area contributed by atoms with E-state index in [1.54, 1.807) is 13.8 Å². The van der Waals surface area contributed by atoms with Gasteiger partial charge in [0, 0.05) is 11.6 Å². The molecule has 0 aliphatic heterocycles. The summed E-state index contributed by atoms with van der Waals surface area (Å²) in [6, 6.07) is 1.56. The van der Waals surface area contributed by atoms with Crippen LogP contribution in [0, 0.1) is 12.7 Å². The maximum absolute atomic E-state index is 13.2. The first kappa shape index (κ1) is 13.4. The van der Waals surface area contributed by atoms with Gasteiger partial charge < -0.3 is 15.6 Å². The van der Waals surface area contributed by atoms with Crippen LogP contribution in [0.25, 0.3) is 0 Å². The molecule has 17 heavy (non-hydrogen) atoms. The number of halogens is 1. The van der Waals surface area contributed by atoms with Crippen LogP contribution in [0.1, 0.15) is 30.5 Å². The van der Waals surface area contributed by atoms with Crippen LogP contribution in [0.4, 0.5) is 4.39 Å². The summed E-state index contributed by atoms with van der Waals surface area (Å²) in [6.07, 6.45) is -0.0930. The van der Waals surface area contributed by atoms with Crippen molar-refractivity contribution >= 4 is 5.97 Å². The minimum atomic E-state index is -0.775. The van der Waals surface area contributed by atoms with Crippen molar-refractivity contribution in [1.29, 1.82) is 0 Å². The van der Waals surface area contributed by atoms with Crippen LogP contribution in [-0.4, -0.2) is 17.7 Å². The standard InChI is InChI=1S/C12H16FNO3/c1-3-17-11(15)6-10(14)9-5-8(13)4-7(2)12(9)16/h4-5,10,16H,3,6,14H2,1-2H3/t10-/m1/s1. The molecule has 1 rings (SSSR count). The second kappa shape index (κ2) is 5.63. The molecular weight excluding hydrogens is 225 g/mol. The molecule has 0 aromatic heterocycles. The van der Waals surface area contributed by atoms with Gasteiger partial charge in [-0.2, -0.15) is 0 Å². The van der Waals surface area contributed by atoms with E-state index in [0.717, 1.165) is 6.07 Å². The van der Waals surface area contributed by atoms with Crippen LogP contribution in [0.3, 0.4) is 0 Å². The van der Waals surface area contributed by atoms with Crippen molar-refractivity contribution < 1.29 is 19.0 Å². The second-order valence-electron chi connectivity index (χ2n) is 3.78. The number of rotatable bonds is 4. The first-order chi connectivity index (χ1) is 7.95. The molecule has 0 aliphatic rings. The molecule has 1 aromatic rings. The summed E-state index contributed by atoms with van der Waals surface area (Å²) in [5.41, 5.74) is 6.34. The Balaban J connectivity index is 2.88. The number of phenolic OH excluding ortho intramolecular Hbond substituents is 1. The Kier molecular flexibility index (Phi) is 4.45. The highest BCUT2D eigenvalue weighted by Gasteiger charge is 2.18. The number of carbonyl (C=O) groups is 1. The normalized spacial score (nSPS) is 12.2. The van der Waals surface area contributed by atoms with E-state index in [4.69, 9.17) is 10.5 Å². The molecule has 0 bridgehead atoms. The summed E-state index contributed by atoms with van der Waals surface area (Å²) in [4.78, 5) is 11.2. The number of hydrogen-bond acceptors (Lipinski definition) is 4. The fraction of sp³-hybridized carbons (Fsp3) is 0.417. The van der Waals surface area contributed by atoms with Crippen molar-refractivity contribution in [1.82, 2.24) is 0 Å². The summed E-state index contributed by atoms with van der Waals surface area (Å²) in [7, 11) is 0. The topological polar surface area (TPSA) is 72.5 Å². The van der Waals surface area contributed by atoms with Gasteiger partial charge >= 0.3 is 5.97 Å². The van der Waals surface area contributed by atoms with E-state index in [0.29, 0.717) is 5.56 Å². The molecule has 0 saturated heterocycles. The zero-order chi connectivity index (χ0) is 13.0. The molecule has 0 saturated carbocycles. The van der Waals surface area contributed by atoms with Gasteiger partial charge in [-0.15, -0.1) is 0 Å². The molecule has 5 heteroatoms. The predicted octanol–water partition coefficient (Wildman–Crippen LogP) is 1.79. The van der Waals surface area contributed by atoms with Gasteiger partial charge in [0.05, 0.1) is 13.0 Å². The van der Waals surface area contributed by atoms with E-state index in [-0.39, 0.29) is 24.3 Å². The molecule has 94 valence electrons. The maximum Gasteiger partial charge on any atom is 0.307 e. The number of ether oxygens (including phenoxy) is 1. The number of benzene rings is 1. The third-order valence-corrected chi connectivity index (χ3v) is 2.39. The van der Waals surface area contributed by atoms with Crippen molar-refractivity contribution in [3.8, 4) is 5.75 Å². The lowest BCUT2D eigenvalue weighted by Crippen LogP contribution is -2.17. The van der Waals surface area contributed by atoms with E-state index < -0.39 is 17.8 Å². The Hall–Kier alpha value is -1.62. The van der Waals surface area contributed by atoms with Gasteiger partial charge in [-0.25, -0.2) is 4.39 Å². The maximum atomic E-state index is 13.2. The number of nitrogens with two attached hydrogens (primary N) is 1. The van der Waals surface area contributed by atoms with Gasteiger partial charge in [-0.05, 0) is 31.5 Å². The molecule has 0 amide bonds. The van der Waals surface area contributed by atoms with Crippen LogP contribution >= 0.6 is 0 Å². The first-order valence-electron chi connectivity index (χ1n) is 5.36. The van der Waals surface area contributed by atoms with Crippen molar-refractivity contribution in [2.75, 3.05) is 6.61 Å². The molecule has 0 fully saturated rings. The van der Waals surface area contributed by atoms with Crippen molar-refractivity contribution in [3.05, 3.63) is 29.1 Å². The highest BCUT2D eigenvalue weighted by molar-refractivity contribution is 5.70. The summed E-state index contributed by atoms with van der Waals surface area (Å²) in [5.74, 6) is -1.04. The third-order valence-electron chi connectivity index (χ3n) is 2.39. The average molecular weight is 241 g/mol. The second-order valence-corrected chi connectivity index (χ2v) is 3.78. The molecule has 1 atom stereocenters. The van der Waals surface area contributed by atoms with Crippen LogP contribution in [-0.2, 0) is 9.53 Å². The number of aromatic hydroxyl groups is 1. The molecule has 0 heterocycles. The Morgan fingerprint density at radius 3 is 2.82 bits per heavy atom. The zero-order valence-electron chi connectivity index (χ0n) is 9.87. The quantitative estimate of drug-likeness (QED) is 0.788. The molecule has 0 aliphatic carbocycles. The molecule has 1 aromatic carbocycles. The summed E-state index contributed by atoms with van der Waals surface area (Å²) >= 11 is 0. The van der Waals surface area contributed by atoms with Gasteiger partial charge in [-0.1, -0.05) is 0 Å². The van der Waals surface area contributed by atoms with E-state index in [1.807, 2.05) is 0 Å². The Morgan fingerprint density at radius 2 is 2.24 bits per heavy atom. The highest BCUT2D eigenvalue weighted by atomic mass is 19.1. The summed E-state index contributed by atoms with van der Waals surface area (Å²) in [6.45, 7) is 3.52.